The number of nitrogens with two attached hydrogens (primary N) is 1. The molecule has 1 aliphatic rings. The van der Waals surface area contributed by atoms with Gasteiger partial charge in [-0.25, -0.2) is 18.2 Å². The molecule has 0 saturated heterocycles. The molecule has 2 heterocycles. The van der Waals surface area contributed by atoms with Crippen LogP contribution in [0.1, 0.15) is 31.0 Å². The molecule has 1 unspecified atom stereocenters. The van der Waals surface area contributed by atoms with Gasteiger partial charge in [0.2, 0.25) is 6.43 Å². The molecular formula is C18H19F3N2O. The van der Waals surface area contributed by atoms with Gasteiger partial charge >= 0.3 is 0 Å². The van der Waals surface area contributed by atoms with E-state index >= 15 is 0 Å². The lowest BCUT2D eigenvalue weighted by Crippen LogP contribution is -2.22. The normalized spacial score (nSPS) is 16.8. The van der Waals surface area contributed by atoms with Crippen molar-refractivity contribution in [3.63, 3.8) is 0 Å². The number of benzene rings is 1. The van der Waals surface area contributed by atoms with Crippen molar-refractivity contribution in [1.82, 2.24) is 4.98 Å². The van der Waals surface area contributed by atoms with Gasteiger partial charge in [-0.05, 0) is 30.3 Å². The van der Waals surface area contributed by atoms with Gasteiger partial charge in [-0.3, -0.25) is 0 Å². The van der Waals surface area contributed by atoms with E-state index in [0.717, 1.165) is 5.56 Å². The smallest absolute Gasteiger partial charge is 0.248 e. The molecular weight excluding hydrogens is 317 g/mol. The molecule has 24 heavy (non-hydrogen) atoms. The summed E-state index contributed by atoms with van der Waals surface area (Å²) in [7, 11) is 0. The van der Waals surface area contributed by atoms with E-state index in [0.29, 0.717) is 23.6 Å². The molecule has 0 aliphatic carbocycles. The fraction of sp³-hybridized carbons (Fsp3) is 0.389. The van der Waals surface area contributed by atoms with Gasteiger partial charge < -0.3 is 10.5 Å². The summed E-state index contributed by atoms with van der Waals surface area (Å²) >= 11 is 0. The number of aromatic nitrogens is 1. The second-order valence-corrected chi connectivity index (χ2v) is 6.63. The van der Waals surface area contributed by atoms with E-state index in [1.165, 1.54) is 12.1 Å². The van der Waals surface area contributed by atoms with Gasteiger partial charge in [-0.2, -0.15) is 0 Å². The lowest BCUT2D eigenvalue weighted by Gasteiger charge is -2.20. The van der Waals surface area contributed by atoms with E-state index in [1.807, 2.05) is 13.8 Å². The number of alkyl halides is 2. The number of fused-ring (bicyclic) bond motifs is 1. The predicted octanol–water partition coefficient (Wildman–Crippen LogP) is 3.87. The number of ether oxygens (including phenoxy) is 1. The standard InChI is InChI=1S/C18H19F3N2O/c1-18(2)9-24-16-13(18)7-14(12(8-22)17(20)21)23-15(16)10-3-5-11(19)6-4-10/h3-7,12,17H,8-9,22H2,1-2H3. The van der Waals surface area contributed by atoms with E-state index in [1.54, 1.807) is 18.2 Å². The molecule has 1 atom stereocenters. The fourth-order valence-corrected chi connectivity index (χ4v) is 2.88. The van der Waals surface area contributed by atoms with Crippen LogP contribution in [0.4, 0.5) is 13.2 Å². The zero-order valence-electron chi connectivity index (χ0n) is 13.5. The van der Waals surface area contributed by atoms with Crippen LogP contribution in [0.15, 0.2) is 30.3 Å². The minimum Gasteiger partial charge on any atom is -0.490 e. The van der Waals surface area contributed by atoms with Crippen LogP contribution in [-0.4, -0.2) is 24.6 Å². The molecule has 3 nitrogen and oxygen atoms in total. The summed E-state index contributed by atoms with van der Waals surface area (Å²) in [6.07, 6.45) is -2.60. The molecule has 0 amide bonds. The van der Waals surface area contributed by atoms with E-state index in [9.17, 15) is 13.2 Å². The quantitative estimate of drug-likeness (QED) is 0.922. The number of halogens is 3. The Kier molecular flexibility index (Phi) is 4.25. The highest BCUT2D eigenvalue weighted by atomic mass is 19.3. The topological polar surface area (TPSA) is 48.1 Å². The molecule has 6 heteroatoms. The Labute approximate surface area is 138 Å². The van der Waals surface area contributed by atoms with E-state index < -0.39 is 12.3 Å². The minimum atomic E-state index is -2.60. The predicted molar refractivity (Wildman–Crippen MR) is 86.0 cm³/mol. The highest BCUT2D eigenvalue weighted by Gasteiger charge is 2.36. The number of hydrogen-bond donors (Lipinski definition) is 1. The molecule has 0 spiro atoms. The van der Waals surface area contributed by atoms with Gasteiger partial charge in [-0.15, -0.1) is 0 Å². The number of rotatable bonds is 4. The zero-order valence-corrected chi connectivity index (χ0v) is 13.5. The monoisotopic (exact) mass is 336 g/mol. The molecule has 0 saturated carbocycles. The van der Waals surface area contributed by atoms with Gasteiger partial charge in [0, 0.05) is 23.1 Å². The third-order valence-corrected chi connectivity index (χ3v) is 4.35. The number of pyridine rings is 1. The Morgan fingerprint density at radius 1 is 1.25 bits per heavy atom. The summed E-state index contributed by atoms with van der Waals surface area (Å²) < 4.78 is 45.6. The van der Waals surface area contributed by atoms with E-state index in [4.69, 9.17) is 10.5 Å². The maximum atomic E-state index is 13.3. The molecule has 3 rings (SSSR count). The third kappa shape index (κ3) is 2.86. The molecule has 1 aromatic heterocycles. The Morgan fingerprint density at radius 2 is 1.92 bits per heavy atom. The molecule has 2 N–H and O–H groups in total. The van der Waals surface area contributed by atoms with Gasteiger partial charge in [-0.1, -0.05) is 13.8 Å². The lowest BCUT2D eigenvalue weighted by atomic mass is 9.85. The van der Waals surface area contributed by atoms with Gasteiger partial charge in [0.05, 0.1) is 18.2 Å². The summed E-state index contributed by atoms with van der Waals surface area (Å²) in [6, 6.07) is 7.42. The largest absolute Gasteiger partial charge is 0.490 e. The van der Waals surface area contributed by atoms with Crippen molar-refractivity contribution in [3.05, 3.63) is 47.4 Å². The van der Waals surface area contributed by atoms with Gasteiger partial charge in [0.15, 0.2) is 0 Å². The van der Waals surface area contributed by atoms with Crippen LogP contribution in [0, 0.1) is 5.82 Å². The molecule has 0 fully saturated rings. The average Bonchev–Trinajstić information content (AvgIpc) is 2.83. The fourth-order valence-electron chi connectivity index (χ4n) is 2.88. The Balaban J connectivity index is 2.21. The second kappa shape index (κ2) is 6.09. The number of nitrogens with zero attached hydrogens (tertiary/aromatic N) is 1. The van der Waals surface area contributed by atoms with Crippen molar-refractivity contribution in [2.75, 3.05) is 13.2 Å². The van der Waals surface area contributed by atoms with Crippen LogP contribution in [0.2, 0.25) is 0 Å². The molecule has 128 valence electrons. The Morgan fingerprint density at radius 3 is 2.50 bits per heavy atom. The molecule has 1 aromatic carbocycles. The molecule has 0 radical (unpaired) electrons. The first-order valence-corrected chi connectivity index (χ1v) is 7.76. The van der Waals surface area contributed by atoms with Crippen LogP contribution >= 0.6 is 0 Å². The summed E-state index contributed by atoms with van der Waals surface area (Å²) in [5.41, 5.74) is 7.35. The van der Waals surface area contributed by atoms with E-state index in [2.05, 4.69) is 4.98 Å². The SMILES string of the molecule is CC1(C)COc2c1cc(C(CN)C(F)F)nc2-c1ccc(F)cc1. The lowest BCUT2D eigenvalue weighted by molar-refractivity contribution is 0.115. The van der Waals surface area contributed by atoms with Crippen LogP contribution in [-0.2, 0) is 5.41 Å². The van der Waals surface area contributed by atoms with Crippen molar-refractivity contribution in [1.29, 1.82) is 0 Å². The summed E-state index contributed by atoms with van der Waals surface area (Å²) in [6.45, 7) is 4.20. The maximum Gasteiger partial charge on any atom is 0.248 e. The third-order valence-electron chi connectivity index (χ3n) is 4.35. The zero-order chi connectivity index (χ0) is 17.5. The molecule has 2 aromatic rings. The van der Waals surface area contributed by atoms with Crippen molar-refractivity contribution in [2.45, 2.75) is 31.6 Å². The summed E-state index contributed by atoms with van der Waals surface area (Å²) in [5.74, 6) is -0.952. The molecule has 0 bridgehead atoms. The van der Waals surface area contributed by atoms with Gasteiger partial charge in [0.25, 0.3) is 0 Å². The first-order chi connectivity index (χ1) is 11.3. The van der Waals surface area contributed by atoms with Crippen LogP contribution in [0.25, 0.3) is 11.3 Å². The first-order valence-electron chi connectivity index (χ1n) is 7.76. The van der Waals surface area contributed by atoms with E-state index in [-0.39, 0.29) is 23.5 Å². The Bertz CT molecular complexity index is 745. The van der Waals surface area contributed by atoms with Crippen LogP contribution in [0.5, 0.6) is 5.75 Å². The minimum absolute atomic E-state index is 0.201. The van der Waals surface area contributed by atoms with Crippen LogP contribution < -0.4 is 10.5 Å². The first kappa shape index (κ1) is 16.8. The van der Waals surface area contributed by atoms with Crippen LogP contribution in [0.3, 0.4) is 0 Å². The summed E-state index contributed by atoms with van der Waals surface area (Å²) in [5, 5.41) is 0. The Hall–Kier alpha value is -2.08. The van der Waals surface area contributed by atoms with Crippen molar-refractivity contribution < 1.29 is 17.9 Å². The van der Waals surface area contributed by atoms with Crippen molar-refractivity contribution in [2.24, 2.45) is 5.73 Å². The highest BCUT2D eigenvalue weighted by Crippen LogP contribution is 2.45. The summed E-state index contributed by atoms with van der Waals surface area (Å²) in [4.78, 5) is 4.39. The highest BCUT2D eigenvalue weighted by molar-refractivity contribution is 5.70. The average molecular weight is 336 g/mol. The maximum absolute atomic E-state index is 13.3. The van der Waals surface area contributed by atoms with Crippen molar-refractivity contribution in [3.8, 4) is 17.0 Å². The second-order valence-electron chi connectivity index (χ2n) is 6.63. The molecule has 1 aliphatic heterocycles. The number of hydrogen-bond acceptors (Lipinski definition) is 3. The van der Waals surface area contributed by atoms with Crippen molar-refractivity contribution >= 4 is 0 Å². The van der Waals surface area contributed by atoms with Gasteiger partial charge in [0.1, 0.15) is 17.3 Å².